The van der Waals surface area contributed by atoms with Gasteiger partial charge in [0.05, 0.1) is 0 Å². The van der Waals surface area contributed by atoms with Crippen LogP contribution in [0.5, 0.6) is 0 Å². The van der Waals surface area contributed by atoms with Gasteiger partial charge in [-0.05, 0) is 37.6 Å². The standard InChI is InChI=1S/C17H17NO2/c1-12-8-9-16(15(10-12)11-13(2)19)18-17(20)14-6-4-3-5-7-14/h3-10H,11H2,1-2H3,(H,18,20). The number of ketones is 1. The van der Waals surface area contributed by atoms with Gasteiger partial charge in [-0.15, -0.1) is 0 Å². The van der Waals surface area contributed by atoms with Crippen molar-refractivity contribution in [3.63, 3.8) is 0 Å². The van der Waals surface area contributed by atoms with Crippen LogP contribution >= 0.6 is 0 Å². The fourth-order valence-corrected chi connectivity index (χ4v) is 2.04. The molecule has 0 saturated carbocycles. The van der Waals surface area contributed by atoms with E-state index in [9.17, 15) is 9.59 Å². The van der Waals surface area contributed by atoms with Gasteiger partial charge in [0.25, 0.3) is 5.91 Å². The minimum absolute atomic E-state index is 0.0748. The number of aryl methyl sites for hydroxylation is 1. The zero-order valence-corrected chi connectivity index (χ0v) is 11.6. The Hall–Kier alpha value is -2.42. The predicted octanol–water partition coefficient (Wildman–Crippen LogP) is 3.38. The molecule has 3 heteroatoms. The quantitative estimate of drug-likeness (QED) is 0.923. The van der Waals surface area contributed by atoms with Crippen molar-refractivity contribution in [2.75, 3.05) is 5.32 Å². The van der Waals surface area contributed by atoms with Gasteiger partial charge < -0.3 is 5.32 Å². The molecule has 1 amide bonds. The zero-order chi connectivity index (χ0) is 14.5. The molecule has 2 rings (SSSR count). The van der Waals surface area contributed by atoms with Gasteiger partial charge in [0.1, 0.15) is 5.78 Å². The molecule has 0 radical (unpaired) electrons. The number of hydrogen-bond donors (Lipinski definition) is 1. The molecule has 0 aromatic heterocycles. The summed E-state index contributed by atoms with van der Waals surface area (Å²) in [4.78, 5) is 23.5. The van der Waals surface area contributed by atoms with Gasteiger partial charge in [0, 0.05) is 17.7 Å². The van der Waals surface area contributed by atoms with Crippen molar-refractivity contribution in [3.8, 4) is 0 Å². The van der Waals surface area contributed by atoms with Crippen molar-refractivity contribution in [2.24, 2.45) is 0 Å². The van der Waals surface area contributed by atoms with E-state index in [1.54, 1.807) is 19.1 Å². The monoisotopic (exact) mass is 267 g/mol. The molecular weight excluding hydrogens is 250 g/mol. The summed E-state index contributed by atoms with van der Waals surface area (Å²) in [6.07, 6.45) is 0.325. The predicted molar refractivity (Wildman–Crippen MR) is 80.0 cm³/mol. The second-order valence-electron chi connectivity index (χ2n) is 4.86. The fraction of sp³-hybridized carbons (Fsp3) is 0.176. The van der Waals surface area contributed by atoms with E-state index in [-0.39, 0.29) is 11.7 Å². The summed E-state index contributed by atoms with van der Waals surface area (Å²) in [5, 5.41) is 2.87. The number of Topliss-reactive ketones (excluding diaryl/α,β-unsaturated/α-hetero) is 1. The maximum atomic E-state index is 12.1. The molecule has 0 unspecified atom stereocenters. The average Bonchev–Trinajstić information content (AvgIpc) is 2.42. The second-order valence-corrected chi connectivity index (χ2v) is 4.86. The number of hydrogen-bond acceptors (Lipinski definition) is 2. The third-order valence-corrected chi connectivity index (χ3v) is 2.98. The van der Waals surface area contributed by atoms with E-state index in [4.69, 9.17) is 0 Å². The lowest BCUT2D eigenvalue weighted by Gasteiger charge is -2.11. The molecule has 0 heterocycles. The molecule has 0 aliphatic carbocycles. The molecule has 0 spiro atoms. The molecule has 0 bridgehead atoms. The largest absolute Gasteiger partial charge is 0.322 e. The van der Waals surface area contributed by atoms with Crippen molar-refractivity contribution in [3.05, 3.63) is 65.2 Å². The zero-order valence-electron chi connectivity index (χ0n) is 11.6. The van der Waals surface area contributed by atoms with Crippen LogP contribution in [0.25, 0.3) is 0 Å². The van der Waals surface area contributed by atoms with Crippen LogP contribution in [0.2, 0.25) is 0 Å². The molecule has 3 nitrogen and oxygen atoms in total. The first-order chi connectivity index (χ1) is 9.56. The van der Waals surface area contributed by atoms with Crippen LogP contribution in [0.3, 0.4) is 0 Å². The van der Waals surface area contributed by atoms with Crippen molar-refractivity contribution in [1.29, 1.82) is 0 Å². The van der Waals surface area contributed by atoms with Crippen LogP contribution in [0.4, 0.5) is 5.69 Å². The molecule has 20 heavy (non-hydrogen) atoms. The van der Waals surface area contributed by atoms with E-state index >= 15 is 0 Å². The third-order valence-electron chi connectivity index (χ3n) is 2.98. The highest BCUT2D eigenvalue weighted by molar-refractivity contribution is 6.04. The number of carbonyl (C=O) groups is 2. The maximum absolute atomic E-state index is 12.1. The normalized spacial score (nSPS) is 10.1. The van der Waals surface area contributed by atoms with E-state index < -0.39 is 0 Å². The number of rotatable bonds is 4. The summed E-state index contributed by atoms with van der Waals surface area (Å²) in [7, 11) is 0. The number of nitrogens with one attached hydrogen (secondary N) is 1. The number of carbonyl (C=O) groups excluding carboxylic acids is 2. The van der Waals surface area contributed by atoms with E-state index in [0.29, 0.717) is 17.7 Å². The molecule has 0 fully saturated rings. The molecular formula is C17H17NO2. The van der Waals surface area contributed by atoms with E-state index in [2.05, 4.69) is 5.32 Å². The van der Waals surface area contributed by atoms with Crippen molar-refractivity contribution >= 4 is 17.4 Å². The van der Waals surface area contributed by atoms with Crippen LogP contribution in [0.15, 0.2) is 48.5 Å². The summed E-state index contributed by atoms with van der Waals surface area (Å²) in [5.41, 5.74) is 3.21. The fourth-order valence-electron chi connectivity index (χ4n) is 2.04. The molecule has 2 aromatic carbocycles. The Kier molecular flexibility index (Phi) is 4.31. The Balaban J connectivity index is 2.25. The number of benzene rings is 2. The van der Waals surface area contributed by atoms with Crippen LogP contribution in [-0.4, -0.2) is 11.7 Å². The first kappa shape index (κ1) is 14.0. The minimum atomic E-state index is -0.167. The average molecular weight is 267 g/mol. The van der Waals surface area contributed by atoms with Crippen LogP contribution < -0.4 is 5.32 Å². The summed E-state index contributed by atoms with van der Waals surface area (Å²) in [5.74, 6) is -0.0925. The van der Waals surface area contributed by atoms with E-state index in [0.717, 1.165) is 11.1 Å². The molecule has 0 atom stereocenters. The third kappa shape index (κ3) is 3.54. The first-order valence-electron chi connectivity index (χ1n) is 6.51. The van der Waals surface area contributed by atoms with Crippen LogP contribution in [0.1, 0.15) is 28.4 Å². The summed E-state index contributed by atoms with van der Waals surface area (Å²) < 4.78 is 0. The summed E-state index contributed by atoms with van der Waals surface area (Å²) in [6, 6.07) is 14.7. The Bertz CT molecular complexity index is 633. The first-order valence-corrected chi connectivity index (χ1v) is 6.51. The van der Waals surface area contributed by atoms with Gasteiger partial charge in [-0.3, -0.25) is 9.59 Å². The smallest absolute Gasteiger partial charge is 0.255 e. The molecule has 0 saturated heterocycles. The lowest BCUT2D eigenvalue weighted by atomic mass is 10.0. The van der Waals surface area contributed by atoms with Gasteiger partial charge in [-0.2, -0.15) is 0 Å². The molecule has 102 valence electrons. The molecule has 0 aliphatic heterocycles. The number of amides is 1. The Morgan fingerprint density at radius 2 is 1.75 bits per heavy atom. The van der Waals surface area contributed by atoms with Crippen LogP contribution in [0, 0.1) is 6.92 Å². The van der Waals surface area contributed by atoms with E-state index in [1.165, 1.54) is 0 Å². The molecule has 0 aliphatic rings. The van der Waals surface area contributed by atoms with E-state index in [1.807, 2.05) is 43.3 Å². The van der Waals surface area contributed by atoms with Gasteiger partial charge in [-0.1, -0.05) is 35.9 Å². The maximum Gasteiger partial charge on any atom is 0.255 e. The van der Waals surface area contributed by atoms with Gasteiger partial charge >= 0.3 is 0 Å². The van der Waals surface area contributed by atoms with Crippen molar-refractivity contribution in [2.45, 2.75) is 20.3 Å². The molecule has 2 aromatic rings. The molecule has 1 N–H and O–H groups in total. The van der Waals surface area contributed by atoms with Crippen LogP contribution in [-0.2, 0) is 11.2 Å². The SMILES string of the molecule is CC(=O)Cc1cc(C)ccc1NC(=O)c1ccccc1. The van der Waals surface area contributed by atoms with Gasteiger partial charge in [-0.25, -0.2) is 0 Å². The highest BCUT2D eigenvalue weighted by Crippen LogP contribution is 2.19. The van der Waals surface area contributed by atoms with Crippen molar-refractivity contribution in [1.82, 2.24) is 0 Å². The second kappa shape index (κ2) is 6.15. The lowest BCUT2D eigenvalue weighted by Crippen LogP contribution is -2.14. The minimum Gasteiger partial charge on any atom is -0.322 e. The highest BCUT2D eigenvalue weighted by Gasteiger charge is 2.10. The summed E-state index contributed by atoms with van der Waals surface area (Å²) in [6.45, 7) is 3.51. The van der Waals surface area contributed by atoms with Gasteiger partial charge in [0.15, 0.2) is 0 Å². The topological polar surface area (TPSA) is 46.2 Å². The Morgan fingerprint density at radius 1 is 1.05 bits per heavy atom. The summed E-state index contributed by atoms with van der Waals surface area (Å²) >= 11 is 0. The van der Waals surface area contributed by atoms with Crippen molar-refractivity contribution < 1.29 is 9.59 Å². The van der Waals surface area contributed by atoms with Gasteiger partial charge in [0.2, 0.25) is 0 Å². The highest BCUT2D eigenvalue weighted by atomic mass is 16.1. The number of anilines is 1. The lowest BCUT2D eigenvalue weighted by molar-refractivity contribution is -0.116. The Morgan fingerprint density at radius 3 is 2.40 bits per heavy atom. The Labute approximate surface area is 118 Å².